The number of aliphatic imine (C=N–C) groups is 1. The van der Waals surface area contributed by atoms with Crippen LogP contribution in [0.1, 0.15) is 25.8 Å². The average molecular weight is 232 g/mol. The SMILES string of the molecule is CCC1=N[C@@H]([C@@H](C)O)C(=O)Nc2ccccc21. The van der Waals surface area contributed by atoms with Crippen LogP contribution in [0.3, 0.4) is 0 Å². The molecule has 90 valence electrons. The molecule has 0 bridgehead atoms. The van der Waals surface area contributed by atoms with Gasteiger partial charge in [0.2, 0.25) is 0 Å². The van der Waals surface area contributed by atoms with Gasteiger partial charge in [-0.3, -0.25) is 9.79 Å². The van der Waals surface area contributed by atoms with E-state index in [9.17, 15) is 9.90 Å². The van der Waals surface area contributed by atoms with E-state index in [0.29, 0.717) is 0 Å². The fourth-order valence-corrected chi connectivity index (χ4v) is 1.96. The molecule has 4 heteroatoms. The van der Waals surface area contributed by atoms with Crippen molar-refractivity contribution in [3.63, 3.8) is 0 Å². The topological polar surface area (TPSA) is 61.7 Å². The summed E-state index contributed by atoms with van der Waals surface area (Å²) >= 11 is 0. The Bertz CT molecular complexity index is 466. The molecule has 0 radical (unpaired) electrons. The normalized spacial score (nSPS) is 21.0. The fourth-order valence-electron chi connectivity index (χ4n) is 1.96. The van der Waals surface area contributed by atoms with E-state index in [0.717, 1.165) is 23.4 Å². The number of fused-ring (bicyclic) bond motifs is 1. The van der Waals surface area contributed by atoms with Gasteiger partial charge in [0, 0.05) is 17.0 Å². The van der Waals surface area contributed by atoms with Gasteiger partial charge in [-0.15, -0.1) is 0 Å². The van der Waals surface area contributed by atoms with Crippen LogP contribution < -0.4 is 5.32 Å². The molecular weight excluding hydrogens is 216 g/mol. The predicted molar refractivity (Wildman–Crippen MR) is 67.4 cm³/mol. The zero-order valence-corrected chi connectivity index (χ0v) is 9.97. The Kier molecular flexibility index (Phi) is 3.24. The summed E-state index contributed by atoms with van der Waals surface area (Å²) in [5.74, 6) is -0.254. The minimum atomic E-state index is -0.786. The quantitative estimate of drug-likeness (QED) is 0.813. The van der Waals surface area contributed by atoms with Gasteiger partial charge < -0.3 is 10.4 Å². The van der Waals surface area contributed by atoms with E-state index in [1.165, 1.54) is 0 Å². The molecule has 2 rings (SSSR count). The number of nitrogens with one attached hydrogen (secondary N) is 1. The van der Waals surface area contributed by atoms with Crippen LogP contribution in [-0.2, 0) is 4.79 Å². The van der Waals surface area contributed by atoms with Crippen LogP contribution in [0.15, 0.2) is 29.3 Å². The summed E-state index contributed by atoms with van der Waals surface area (Å²) in [6.45, 7) is 3.57. The van der Waals surface area contributed by atoms with E-state index < -0.39 is 12.1 Å². The standard InChI is InChI=1S/C13H16N2O2/c1-3-10-9-6-4-5-7-11(9)15-13(17)12(14-10)8(2)16/h4-8,12,16H,3H2,1-2H3,(H,15,17)/t8-,12+/m1/s1. The van der Waals surface area contributed by atoms with Gasteiger partial charge in [-0.25, -0.2) is 0 Å². The van der Waals surface area contributed by atoms with Crippen LogP contribution in [0, 0.1) is 0 Å². The molecule has 0 unspecified atom stereocenters. The first kappa shape index (κ1) is 11.8. The molecule has 1 aliphatic rings. The lowest BCUT2D eigenvalue weighted by molar-refractivity contribution is -0.119. The second kappa shape index (κ2) is 4.67. The van der Waals surface area contributed by atoms with Gasteiger partial charge in [0.25, 0.3) is 5.91 Å². The fraction of sp³-hybridized carbons (Fsp3) is 0.385. The summed E-state index contributed by atoms with van der Waals surface area (Å²) in [6.07, 6.45) is -0.0549. The van der Waals surface area contributed by atoms with E-state index in [1.807, 2.05) is 31.2 Å². The maximum Gasteiger partial charge on any atom is 0.251 e. The molecule has 0 saturated carbocycles. The predicted octanol–water partition coefficient (Wildman–Crippen LogP) is 1.59. The molecule has 1 aliphatic heterocycles. The zero-order chi connectivity index (χ0) is 12.4. The molecular formula is C13H16N2O2. The number of aliphatic hydroxyl groups is 1. The molecule has 0 spiro atoms. The molecule has 1 aromatic carbocycles. The van der Waals surface area contributed by atoms with Crippen LogP contribution in [-0.4, -0.2) is 28.9 Å². The molecule has 2 atom stereocenters. The van der Waals surface area contributed by atoms with Crippen molar-refractivity contribution in [2.45, 2.75) is 32.4 Å². The second-order valence-electron chi connectivity index (χ2n) is 4.15. The highest BCUT2D eigenvalue weighted by molar-refractivity contribution is 6.11. The molecule has 1 aromatic rings. The lowest BCUT2D eigenvalue weighted by Gasteiger charge is -2.13. The van der Waals surface area contributed by atoms with E-state index in [-0.39, 0.29) is 5.91 Å². The number of benzodiazepines with no additional fused rings is 1. The number of nitrogens with zero attached hydrogens (tertiary/aromatic N) is 1. The second-order valence-corrected chi connectivity index (χ2v) is 4.15. The molecule has 4 nitrogen and oxygen atoms in total. The first-order chi connectivity index (χ1) is 8.13. The van der Waals surface area contributed by atoms with Gasteiger partial charge >= 0.3 is 0 Å². The largest absolute Gasteiger partial charge is 0.391 e. The Balaban J connectivity index is 2.51. The van der Waals surface area contributed by atoms with Crippen LogP contribution >= 0.6 is 0 Å². The third kappa shape index (κ3) is 2.22. The van der Waals surface area contributed by atoms with Crippen LogP contribution in [0.2, 0.25) is 0 Å². The van der Waals surface area contributed by atoms with Gasteiger partial charge in [0.1, 0.15) is 0 Å². The Morgan fingerprint density at radius 2 is 2.18 bits per heavy atom. The molecule has 0 aliphatic carbocycles. The molecule has 0 aromatic heterocycles. The number of rotatable bonds is 2. The van der Waals surface area contributed by atoms with Crippen LogP contribution in [0.4, 0.5) is 5.69 Å². The minimum absolute atomic E-state index is 0.254. The summed E-state index contributed by atoms with van der Waals surface area (Å²) in [4.78, 5) is 16.3. The molecule has 0 fully saturated rings. The smallest absolute Gasteiger partial charge is 0.251 e. The van der Waals surface area contributed by atoms with Crippen molar-refractivity contribution >= 4 is 17.3 Å². The number of anilines is 1. The van der Waals surface area contributed by atoms with E-state index in [2.05, 4.69) is 10.3 Å². The summed E-state index contributed by atoms with van der Waals surface area (Å²) in [5.41, 5.74) is 2.55. The summed E-state index contributed by atoms with van der Waals surface area (Å²) in [5, 5.41) is 12.4. The van der Waals surface area contributed by atoms with Gasteiger partial charge in [0.15, 0.2) is 6.04 Å². The van der Waals surface area contributed by atoms with E-state index in [4.69, 9.17) is 0 Å². The van der Waals surface area contributed by atoms with Crippen molar-refractivity contribution in [3.8, 4) is 0 Å². The number of carbonyl (C=O) groups is 1. The number of benzene rings is 1. The van der Waals surface area contributed by atoms with Gasteiger partial charge in [-0.2, -0.15) is 0 Å². The lowest BCUT2D eigenvalue weighted by Crippen LogP contribution is -2.34. The highest BCUT2D eigenvalue weighted by Crippen LogP contribution is 2.22. The average Bonchev–Trinajstić information content (AvgIpc) is 2.44. The van der Waals surface area contributed by atoms with Crippen molar-refractivity contribution in [3.05, 3.63) is 29.8 Å². The van der Waals surface area contributed by atoms with E-state index in [1.54, 1.807) is 6.92 Å². The number of aliphatic hydroxyl groups excluding tert-OH is 1. The maximum atomic E-state index is 11.9. The molecule has 17 heavy (non-hydrogen) atoms. The number of carbonyl (C=O) groups excluding carboxylic acids is 1. The third-order valence-electron chi connectivity index (χ3n) is 2.85. The minimum Gasteiger partial charge on any atom is -0.391 e. The maximum absolute atomic E-state index is 11.9. The monoisotopic (exact) mass is 232 g/mol. The third-order valence-corrected chi connectivity index (χ3v) is 2.85. The van der Waals surface area contributed by atoms with Crippen molar-refractivity contribution in [2.75, 3.05) is 5.32 Å². The first-order valence-corrected chi connectivity index (χ1v) is 5.78. The van der Waals surface area contributed by atoms with E-state index >= 15 is 0 Å². The lowest BCUT2D eigenvalue weighted by atomic mass is 10.1. The number of hydrogen-bond acceptors (Lipinski definition) is 3. The molecule has 1 amide bonds. The summed E-state index contributed by atoms with van der Waals surface area (Å²) < 4.78 is 0. The highest BCUT2D eigenvalue weighted by Gasteiger charge is 2.27. The Morgan fingerprint density at radius 1 is 1.47 bits per heavy atom. The molecule has 1 heterocycles. The van der Waals surface area contributed by atoms with Gasteiger partial charge in [-0.1, -0.05) is 25.1 Å². The molecule has 0 saturated heterocycles. The summed E-state index contributed by atoms with van der Waals surface area (Å²) in [6, 6.07) is 6.84. The number of hydrogen-bond donors (Lipinski definition) is 2. The summed E-state index contributed by atoms with van der Waals surface area (Å²) in [7, 11) is 0. The van der Waals surface area contributed by atoms with Gasteiger partial charge in [0.05, 0.1) is 6.10 Å². The van der Waals surface area contributed by atoms with Crippen LogP contribution in [0.25, 0.3) is 0 Å². The number of amides is 1. The van der Waals surface area contributed by atoms with Crippen LogP contribution in [0.5, 0.6) is 0 Å². The molecule has 2 N–H and O–H groups in total. The van der Waals surface area contributed by atoms with Crippen molar-refractivity contribution < 1.29 is 9.90 Å². The zero-order valence-electron chi connectivity index (χ0n) is 9.97. The number of para-hydroxylation sites is 1. The Morgan fingerprint density at radius 3 is 2.82 bits per heavy atom. The first-order valence-electron chi connectivity index (χ1n) is 5.78. The van der Waals surface area contributed by atoms with Gasteiger partial charge in [-0.05, 0) is 19.4 Å². The Labute approximate surface area is 100 Å². The Hall–Kier alpha value is -1.68. The highest BCUT2D eigenvalue weighted by atomic mass is 16.3. The van der Waals surface area contributed by atoms with Crippen molar-refractivity contribution in [1.29, 1.82) is 0 Å². The van der Waals surface area contributed by atoms with Crippen molar-refractivity contribution in [1.82, 2.24) is 0 Å². The van der Waals surface area contributed by atoms with Crippen molar-refractivity contribution in [2.24, 2.45) is 4.99 Å².